The maximum Gasteiger partial charge on any atom is 0.176 e. The molecule has 0 spiro atoms. The fourth-order valence-corrected chi connectivity index (χ4v) is 16.1. The van der Waals surface area contributed by atoms with Gasteiger partial charge in [-0.05, 0) is 75.8 Å². The molecule has 148 valence electrons. The molecule has 2 saturated carbocycles. The summed E-state index contributed by atoms with van der Waals surface area (Å²) in [4.78, 5) is 0. The standard InChI is InChI=1S/C22H34O3Si2/c1-26(2,3)25-27(4,7-5-13-9-15-11-17(13)21-19(15)23-21)8-6-14-10-16-12-18(14)22-20(16)24-22/h13-18H,5-12H2,1-4H3. The lowest BCUT2D eigenvalue weighted by Gasteiger charge is -2.37. The normalized spacial score (nSPS) is 42.1. The summed E-state index contributed by atoms with van der Waals surface area (Å²) < 4.78 is 18.5. The Kier molecular flexibility index (Phi) is 3.56. The Balaban J connectivity index is 1.09. The summed E-state index contributed by atoms with van der Waals surface area (Å²) in [6, 6.07) is 2.72. The summed E-state index contributed by atoms with van der Waals surface area (Å²) >= 11 is 0. The molecule has 0 radical (unpaired) electrons. The highest BCUT2D eigenvalue weighted by atomic mass is 28.4. The maximum atomic E-state index is 6.97. The quantitative estimate of drug-likeness (QED) is 0.468. The zero-order chi connectivity index (χ0) is 18.6. The molecule has 0 amide bonds. The predicted octanol–water partition coefficient (Wildman–Crippen LogP) is 5.99. The molecule has 6 aliphatic rings. The van der Waals surface area contributed by atoms with Gasteiger partial charge in [-0.15, -0.1) is 0 Å². The molecule has 0 aromatic rings. The Labute approximate surface area is 165 Å². The molecule has 2 heterocycles. The van der Waals surface area contributed by atoms with Crippen LogP contribution in [0.3, 0.4) is 0 Å². The van der Waals surface area contributed by atoms with Gasteiger partial charge in [0, 0.05) is 23.7 Å². The van der Waals surface area contributed by atoms with Crippen LogP contribution in [0.1, 0.15) is 38.5 Å². The van der Waals surface area contributed by atoms with Crippen LogP contribution in [0.5, 0.6) is 0 Å². The minimum atomic E-state index is -1.64. The molecule has 5 heteroatoms. The van der Waals surface area contributed by atoms with Crippen LogP contribution in [0.15, 0.2) is 23.0 Å². The van der Waals surface area contributed by atoms with E-state index in [9.17, 15) is 0 Å². The monoisotopic (exact) mass is 402 g/mol. The fraction of sp³-hybridized carbons (Fsp3) is 0.818. The molecule has 6 rings (SSSR count). The lowest BCUT2D eigenvalue weighted by Crippen LogP contribution is -2.45. The highest BCUT2D eigenvalue weighted by Gasteiger charge is 2.57. The van der Waals surface area contributed by atoms with E-state index in [0.29, 0.717) is 0 Å². The van der Waals surface area contributed by atoms with Crippen molar-refractivity contribution >= 4 is 16.6 Å². The van der Waals surface area contributed by atoms with Crippen molar-refractivity contribution < 1.29 is 13.6 Å². The minimum Gasteiger partial charge on any atom is -0.458 e. The molecule has 4 aliphatic carbocycles. The first-order chi connectivity index (χ1) is 12.8. The molecular formula is C22H34O3Si2. The third-order valence-corrected chi connectivity index (χ3v) is 15.4. The number of hydrogen-bond acceptors (Lipinski definition) is 3. The van der Waals surface area contributed by atoms with Crippen molar-refractivity contribution in [2.24, 2.45) is 35.5 Å². The van der Waals surface area contributed by atoms with E-state index in [0.717, 1.165) is 35.5 Å². The molecule has 27 heavy (non-hydrogen) atoms. The van der Waals surface area contributed by atoms with Gasteiger partial charge in [0.25, 0.3) is 0 Å². The molecule has 2 fully saturated rings. The van der Waals surface area contributed by atoms with Crippen LogP contribution in [0.4, 0.5) is 0 Å². The fourth-order valence-electron chi connectivity index (χ4n) is 7.18. The molecule has 6 unspecified atom stereocenters. The third-order valence-electron chi connectivity index (χ3n) is 8.29. The van der Waals surface area contributed by atoms with E-state index in [4.69, 9.17) is 13.6 Å². The highest BCUT2D eigenvalue weighted by molar-refractivity contribution is 6.84. The van der Waals surface area contributed by atoms with Gasteiger partial charge < -0.3 is 13.6 Å². The smallest absolute Gasteiger partial charge is 0.176 e. The number of rotatable bonds is 8. The van der Waals surface area contributed by atoms with Gasteiger partial charge in [0.2, 0.25) is 0 Å². The van der Waals surface area contributed by atoms with Crippen LogP contribution in [-0.2, 0) is 13.6 Å². The molecule has 0 N–H and O–H groups in total. The second kappa shape index (κ2) is 5.54. The summed E-state index contributed by atoms with van der Waals surface area (Å²) in [7, 11) is -3.14. The van der Waals surface area contributed by atoms with Crippen molar-refractivity contribution in [1.82, 2.24) is 0 Å². The van der Waals surface area contributed by atoms with Crippen LogP contribution >= 0.6 is 0 Å². The van der Waals surface area contributed by atoms with E-state index < -0.39 is 16.6 Å². The van der Waals surface area contributed by atoms with Gasteiger partial charge in [0.15, 0.2) is 16.6 Å². The van der Waals surface area contributed by atoms with Gasteiger partial charge in [0.1, 0.15) is 23.0 Å². The Hall–Kier alpha value is -0.526. The summed E-state index contributed by atoms with van der Waals surface area (Å²) in [6.07, 6.45) is 8.33. The van der Waals surface area contributed by atoms with Crippen molar-refractivity contribution in [3.05, 3.63) is 23.0 Å². The van der Waals surface area contributed by atoms with Gasteiger partial charge in [-0.3, -0.25) is 0 Å². The Morgan fingerprint density at radius 2 is 1.22 bits per heavy atom. The average Bonchev–Trinajstić information content (AvgIpc) is 3.42. The first kappa shape index (κ1) is 17.3. The zero-order valence-electron chi connectivity index (χ0n) is 17.3. The van der Waals surface area contributed by atoms with Gasteiger partial charge in [-0.1, -0.05) is 12.8 Å². The van der Waals surface area contributed by atoms with Gasteiger partial charge in [-0.25, -0.2) is 0 Å². The molecule has 2 aliphatic heterocycles. The average molecular weight is 403 g/mol. The number of fused-ring (bicyclic) bond motifs is 8. The lowest BCUT2D eigenvalue weighted by atomic mass is 9.91. The lowest BCUT2D eigenvalue weighted by molar-refractivity contribution is 0.320. The van der Waals surface area contributed by atoms with E-state index in [-0.39, 0.29) is 0 Å². The first-order valence-electron chi connectivity index (χ1n) is 11.3. The third kappa shape index (κ3) is 2.91. The van der Waals surface area contributed by atoms with E-state index >= 15 is 0 Å². The number of allylic oxidation sites excluding steroid dienone is 4. The van der Waals surface area contributed by atoms with E-state index in [1.807, 2.05) is 0 Å². The van der Waals surface area contributed by atoms with Crippen molar-refractivity contribution in [3.8, 4) is 0 Å². The first-order valence-corrected chi connectivity index (χ1v) is 17.6. The van der Waals surface area contributed by atoms with Crippen LogP contribution in [-0.4, -0.2) is 16.6 Å². The van der Waals surface area contributed by atoms with Crippen LogP contribution in [0.25, 0.3) is 0 Å². The van der Waals surface area contributed by atoms with Crippen LogP contribution < -0.4 is 0 Å². The Bertz CT molecular complexity index is 697. The molecule has 0 aromatic carbocycles. The Morgan fingerprint density at radius 1 is 0.741 bits per heavy atom. The van der Waals surface area contributed by atoms with Crippen molar-refractivity contribution in [3.63, 3.8) is 0 Å². The minimum absolute atomic E-state index is 0.776. The second-order valence-electron chi connectivity index (χ2n) is 11.5. The SMILES string of the molecule is C[Si](C)(C)O[Si](C)(CCC1CC2CC1C1=C2O1)CCC1CC2CC1C1=C2O1. The van der Waals surface area contributed by atoms with E-state index in [1.54, 1.807) is 0 Å². The van der Waals surface area contributed by atoms with Crippen LogP contribution in [0, 0.1) is 35.5 Å². The number of ether oxygens (including phenoxy) is 2. The van der Waals surface area contributed by atoms with Crippen molar-refractivity contribution in [1.29, 1.82) is 0 Å². The van der Waals surface area contributed by atoms with Gasteiger partial charge >= 0.3 is 0 Å². The topological polar surface area (TPSA) is 34.3 Å². The van der Waals surface area contributed by atoms with Crippen molar-refractivity contribution in [2.75, 3.05) is 0 Å². The summed E-state index contributed by atoms with van der Waals surface area (Å²) in [6.45, 7) is 9.72. The second-order valence-corrected chi connectivity index (χ2v) is 20.4. The highest BCUT2D eigenvalue weighted by Crippen LogP contribution is 2.63. The van der Waals surface area contributed by atoms with Crippen molar-refractivity contribution in [2.45, 2.75) is 76.8 Å². The molecule has 0 saturated heterocycles. The van der Waals surface area contributed by atoms with E-state index in [2.05, 4.69) is 26.2 Å². The van der Waals surface area contributed by atoms with Gasteiger partial charge in [-0.2, -0.15) is 0 Å². The van der Waals surface area contributed by atoms with Crippen LogP contribution in [0.2, 0.25) is 38.3 Å². The summed E-state index contributed by atoms with van der Waals surface area (Å²) in [5, 5.41) is 0. The Morgan fingerprint density at radius 3 is 1.59 bits per heavy atom. The molecular weight excluding hydrogens is 368 g/mol. The largest absolute Gasteiger partial charge is 0.458 e. The van der Waals surface area contributed by atoms with E-state index in [1.165, 1.54) is 73.6 Å². The summed E-state index contributed by atoms with van der Waals surface area (Å²) in [5.41, 5.74) is 0. The van der Waals surface area contributed by atoms with Gasteiger partial charge in [0.05, 0.1) is 0 Å². The molecule has 0 aromatic heterocycles. The molecule has 4 bridgehead atoms. The maximum absolute atomic E-state index is 6.97. The summed E-state index contributed by atoms with van der Waals surface area (Å²) in [5.74, 6) is 10.5. The zero-order valence-corrected chi connectivity index (χ0v) is 19.3. The molecule has 3 nitrogen and oxygen atoms in total. The predicted molar refractivity (Wildman–Crippen MR) is 111 cm³/mol. The molecule has 6 atom stereocenters. The number of hydrogen-bond donors (Lipinski definition) is 0.